The third-order valence-electron chi connectivity index (χ3n) is 11.7. The van der Waals surface area contributed by atoms with Crippen molar-refractivity contribution in [3.05, 3.63) is 29.8 Å². The highest BCUT2D eigenvalue weighted by Crippen LogP contribution is 2.14. The fourth-order valence-electron chi connectivity index (χ4n) is 7.38. The maximum absolute atomic E-state index is 12.9. The number of benzene rings is 1. The number of nitrogens with zero attached hydrogens (tertiary/aromatic N) is 4. The Morgan fingerprint density at radius 3 is 1.01 bits per heavy atom. The third kappa shape index (κ3) is 45.6. The highest BCUT2D eigenvalue weighted by atomic mass is 16.6. The van der Waals surface area contributed by atoms with Crippen molar-refractivity contribution in [1.82, 2.24) is 30.2 Å². The largest absolute Gasteiger partial charge is 0.480 e. The van der Waals surface area contributed by atoms with Crippen molar-refractivity contribution in [2.45, 2.75) is 32.6 Å². The molecule has 0 radical (unpaired) electrons. The molecule has 2 amide bonds. The van der Waals surface area contributed by atoms with Crippen LogP contribution in [0, 0.1) is 0 Å². The average Bonchev–Trinajstić information content (AvgIpc) is 3.43. The van der Waals surface area contributed by atoms with E-state index < -0.39 is 23.9 Å². The number of aryl methyl sites for hydroxylation is 1. The first-order chi connectivity index (χ1) is 39.8. The summed E-state index contributed by atoms with van der Waals surface area (Å²) in [6.07, 6.45) is 1.15. The van der Waals surface area contributed by atoms with E-state index in [1.165, 1.54) is 6.92 Å². The number of Topliss-reactive ketones (excluding diaryl/α,β-unsaturated/α-hetero) is 1. The first-order valence-electron chi connectivity index (χ1n) is 28.0. The predicted octanol–water partition coefficient (Wildman–Crippen LogP) is -1.22. The summed E-state index contributed by atoms with van der Waals surface area (Å²) in [5.74, 6) is -3.60. The first-order valence-corrected chi connectivity index (χ1v) is 28.0. The van der Waals surface area contributed by atoms with Crippen LogP contribution in [0.1, 0.15) is 31.7 Å². The molecule has 5 N–H and O–H groups in total. The van der Waals surface area contributed by atoms with Gasteiger partial charge in [0.1, 0.15) is 11.5 Å². The van der Waals surface area contributed by atoms with Gasteiger partial charge in [0.25, 0.3) is 0 Å². The highest BCUT2D eigenvalue weighted by molar-refractivity contribution is 5.78. The molecule has 1 heterocycles. The molecule has 0 aromatic heterocycles. The standard InChI is InChI=1S/C54H92N6O22/c1-46(61)8-20-72-24-26-74-28-30-76-32-34-78-36-38-80-40-41-81-39-37-79-35-33-77-31-29-75-27-25-73-23-10-55-49(62)7-4-47-2-5-48(6-3-47)82-54(70)9-21-71-22-11-56-50(63)42-57-12-14-58(43-51(64)65)16-18-60(45-53(68)69)19-17-59(15-13-57)44-52(66)67/h2-3,5-6H,4,7-45H2,1H3,(H,55,62)(H,56,63)(H,64,65)(H,66,67)(H,68,69). The minimum Gasteiger partial charge on any atom is -0.480 e. The minimum absolute atomic E-state index is 0.0291. The van der Waals surface area contributed by atoms with E-state index in [-0.39, 0.29) is 116 Å². The molecule has 0 saturated carbocycles. The number of carbonyl (C=O) groups is 7. The molecule has 0 unspecified atom stereocenters. The molecule has 28 nitrogen and oxygen atoms in total. The van der Waals surface area contributed by atoms with Crippen LogP contribution in [0.15, 0.2) is 24.3 Å². The van der Waals surface area contributed by atoms with Crippen molar-refractivity contribution >= 4 is 41.5 Å². The lowest BCUT2D eigenvalue weighted by Gasteiger charge is -2.32. The van der Waals surface area contributed by atoms with Gasteiger partial charge in [0.15, 0.2) is 0 Å². The van der Waals surface area contributed by atoms with Gasteiger partial charge in [-0.05, 0) is 31.0 Å². The van der Waals surface area contributed by atoms with Crippen molar-refractivity contribution in [1.29, 1.82) is 0 Å². The molecule has 1 aromatic carbocycles. The summed E-state index contributed by atoms with van der Waals surface area (Å²) in [4.78, 5) is 89.8. The second kappa shape index (κ2) is 50.6. The molecule has 0 atom stereocenters. The van der Waals surface area contributed by atoms with Gasteiger partial charge in [0, 0.05) is 78.3 Å². The van der Waals surface area contributed by atoms with Crippen LogP contribution in [0.25, 0.3) is 0 Å². The molecule has 28 heteroatoms. The van der Waals surface area contributed by atoms with E-state index in [0.717, 1.165) is 5.56 Å². The Morgan fingerprint density at radius 2 is 0.671 bits per heavy atom. The quantitative estimate of drug-likeness (QED) is 0.0290. The minimum atomic E-state index is -1.04. The number of carbonyl (C=O) groups excluding carboxylic acids is 4. The van der Waals surface area contributed by atoms with Crippen LogP contribution in [0.3, 0.4) is 0 Å². The number of ether oxygens (including phenoxy) is 12. The van der Waals surface area contributed by atoms with Gasteiger partial charge in [0.05, 0.1) is 178 Å². The van der Waals surface area contributed by atoms with Crippen molar-refractivity contribution in [3.63, 3.8) is 0 Å². The number of amides is 2. The second-order valence-corrected chi connectivity index (χ2v) is 18.5. The normalized spacial score (nSPS) is 14.2. The molecule has 0 spiro atoms. The lowest BCUT2D eigenvalue weighted by atomic mass is 10.1. The summed E-state index contributed by atoms with van der Waals surface area (Å²) >= 11 is 0. The van der Waals surface area contributed by atoms with Gasteiger partial charge in [-0.1, -0.05) is 12.1 Å². The van der Waals surface area contributed by atoms with Crippen LogP contribution in [0.2, 0.25) is 0 Å². The molecular weight excluding hydrogens is 1080 g/mol. The molecule has 82 heavy (non-hydrogen) atoms. The fraction of sp³-hybridized carbons (Fsp3) is 0.759. The summed E-state index contributed by atoms with van der Waals surface area (Å²) in [6, 6.07) is 6.87. The van der Waals surface area contributed by atoms with Gasteiger partial charge in [-0.3, -0.25) is 53.2 Å². The molecule has 1 saturated heterocycles. The molecular formula is C54H92N6O22. The maximum atomic E-state index is 12.9. The first kappa shape index (κ1) is 73.2. The molecule has 1 aliphatic rings. The van der Waals surface area contributed by atoms with E-state index in [0.29, 0.717) is 170 Å². The molecule has 2 rings (SSSR count). The van der Waals surface area contributed by atoms with E-state index in [1.807, 2.05) is 4.90 Å². The lowest BCUT2D eigenvalue weighted by Crippen LogP contribution is -2.50. The summed E-state index contributed by atoms with van der Waals surface area (Å²) in [5.41, 5.74) is 0.892. The zero-order chi connectivity index (χ0) is 59.5. The van der Waals surface area contributed by atoms with Crippen LogP contribution >= 0.6 is 0 Å². The Kier molecular flexibility index (Phi) is 45.2. The topological polar surface area (TPSA) is 328 Å². The Bertz CT molecular complexity index is 1830. The van der Waals surface area contributed by atoms with Crippen LogP contribution in [-0.4, -0.2) is 313 Å². The molecule has 0 aliphatic carbocycles. The Balaban J connectivity index is 1.39. The van der Waals surface area contributed by atoms with Gasteiger partial charge in [-0.2, -0.15) is 0 Å². The van der Waals surface area contributed by atoms with Crippen molar-refractivity contribution in [2.24, 2.45) is 0 Å². The number of rotatable bonds is 51. The molecule has 1 fully saturated rings. The Labute approximate surface area is 481 Å². The van der Waals surface area contributed by atoms with Gasteiger partial charge >= 0.3 is 23.9 Å². The average molecular weight is 1180 g/mol. The zero-order valence-electron chi connectivity index (χ0n) is 48.0. The molecule has 0 bridgehead atoms. The predicted molar refractivity (Wildman–Crippen MR) is 294 cm³/mol. The number of nitrogens with one attached hydrogen (secondary N) is 2. The van der Waals surface area contributed by atoms with Gasteiger partial charge in [0.2, 0.25) is 11.8 Å². The zero-order valence-corrected chi connectivity index (χ0v) is 48.0. The summed E-state index contributed by atoms with van der Waals surface area (Å²) < 4.78 is 65.5. The van der Waals surface area contributed by atoms with Crippen molar-refractivity contribution < 1.29 is 106 Å². The summed E-state index contributed by atoms with van der Waals surface area (Å²) in [5, 5.41) is 33.8. The highest BCUT2D eigenvalue weighted by Gasteiger charge is 2.21. The van der Waals surface area contributed by atoms with E-state index in [4.69, 9.17) is 56.8 Å². The van der Waals surface area contributed by atoms with Crippen LogP contribution in [-0.2, 0) is 92.1 Å². The second-order valence-electron chi connectivity index (χ2n) is 18.5. The number of carboxylic acid groups (broad SMARTS) is 3. The molecule has 1 aromatic rings. The number of carboxylic acids is 3. The molecule has 470 valence electrons. The van der Waals surface area contributed by atoms with E-state index in [1.54, 1.807) is 39.0 Å². The molecule has 1 aliphatic heterocycles. The van der Waals surface area contributed by atoms with Crippen LogP contribution in [0.4, 0.5) is 0 Å². The summed E-state index contributed by atoms with van der Waals surface area (Å²) in [6.45, 7) is 12.5. The van der Waals surface area contributed by atoms with Crippen LogP contribution in [0.5, 0.6) is 5.75 Å². The SMILES string of the molecule is CC(=O)CCOCCOCCOCCOCCOCCOCCOCCOCCOCCOCCNC(=O)CCc1ccc(OC(=O)CCOCCNC(=O)CN2CCN(CC(=O)O)CCN(CC(=O)O)CCN(CC(=O)O)CC2)cc1. The monoisotopic (exact) mass is 1180 g/mol. The van der Waals surface area contributed by atoms with E-state index in [9.17, 15) is 48.9 Å². The van der Waals surface area contributed by atoms with Gasteiger partial charge in [-0.15, -0.1) is 0 Å². The maximum Gasteiger partial charge on any atom is 0.317 e. The number of esters is 1. The van der Waals surface area contributed by atoms with Crippen molar-refractivity contribution in [3.8, 4) is 5.75 Å². The summed E-state index contributed by atoms with van der Waals surface area (Å²) in [7, 11) is 0. The number of hydrogen-bond acceptors (Lipinski definition) is 23. The van der Waals surface area contributed by atoms with Gasteiger partial charge in [-0.25, -0.2) is 0 Å². The fourth-order valence-corrected chi connectivity index (χ4v) is 7.38. The smallest absolute Gasteiger partial charge is 0.317 e. The van der Waals surface area contributed by atoms with E-state index >= 15 is 0 Å². The van der Waals surface area contributed by atoms with E-state index in [2.05, 4.69) is 10.6 Å². The number of ketones is 1. The van der Waals surface area contributed by atoms with Gasteiger partial charge < -0.3 is 82.8 Å². The lowest BCUT2D eigenvalue weighted by molar-refractivity contribution is -0.140. The Morgan fingerprint density at radius 1 is 0.378 bits per heavy atom. The Hall–Kier alpha value is -4.89. The number of aliphatic carboxylic acids is 3. The third-order valence-corrected chi connectivity index (χ3v) is 11.7. The van der Waals surface area contributed by atoms with Crippen LogP contribution < -0.4 is 15.4 Å². The van der Waals surface area contributed by atoms with Crippen molar-refractivity contribution in [2.75, 3.05) is 237 Å². The number of hydrogen-bond donors (Lipinski definition) is 5.